The van der Waals surface area contributed by atoms with Crippen LogP contribution in [0.1, 0.15) is 33.3 Å². The lowest BCUT2D eigenvalue weighted by Crippen LogP contribution is -2.41. The van der Waals surface area contributed by atoms with E-state index >= 15 is 0 Å². The third-order valence-corrected chi connectivity index (χ3v) is 4.91. The standard InChI is InChI=1S/C19H18BF2NO2/c1-18(2)19(3,4)25-20(24-18)13-5-8-17(22)16(10-13)15-7-6-14(21)9-12(15)11-23/h5-10H,1-4H3. The van der Waals surface area contributed by atoms with Crippen molar-refractivity contribution in [1.82, 2.24) is 0 Å². The Bertz CT molecular complexity index is 858. The van der Waals surface area contributed by atoms with Crippen molar-refractivity contribution in [3.8, 4) is 17.2 Å². The van der Waals surface area contributed by atoms with Gasteiger partial charge in [-0.3, -0.25) is 0 Å². The molecule has 0 atom stereocenters. The van der Waals surface area contributed by atoms with Gasteiger partial charge in [0.05, 0.1) is 22.8 Å². The Kier molecular flexibility index (Phi) is 4.18. The highest BCUT2D eigenvalue weighted by Crippen LogP contribution is 2.37. The van der Waals surface area contributed by atoms with Crippen LogP contribution in [0.25, 0.3) is 11.1 Å². The number of hydrogen-bond acceptors (Lipinski definition) is 3. The molecule has 0 saturated carbocycles. The van der Waals surface area contributed by atoms with Crippen LogP contribution < -0.4 is 5.46 Å². The van der Waals surface area contributed by atoms with Crippen LogP contribution in [0, 0.1) is 23.0 Å². The molecule has 0 aromatic heterocycles. The molecule has 0 amide bonds. The van der Waals surface area contributed by atoms with Crippen LogP contribution in [0.15, 0.2) is 36.4 Å². The van der Waals surface area contributed by atoms with Crippen molar-refractivity contribution in [3.63, 3.8) is 0 Å². The van der Waals surface area contributed by atoms with Gasteiger partial charge in [0.25, 0.3) is 0 Å². The van der Waals surface area contributed by atoms with E-state index in [4.69, 9.17) is 9.31 Å². The van der Waals surface area contributed by atoms with Crippen molar-refractivity contribution < 1.29 is 18.1 Å². The van der Waals surface area contributed by atoms with Gasteiger partial charge >= 0.3 is 7.12 Å². The molecule has 0 aliphatic carbocycles. The molecule has 1 fully saturated rings. The molecule has 0 N–H and O–H groups in total. The van der Waals surface area contributed by atoms with Gasteiger partial charge in [-0.2, -0.15) is 5.26 Å². The van der Waals surface area contributed by atoms with Crippen molar-refractivity contribution in [2.75, 3.05) is 0 Å². The van der Waals surface area contributed by atoms with Crippen LogP contribution >= 0.6 is 0 Å². The highest BCUT2D eigenvalue weighted by molar-refractivity contribution is 6.62. The van der Waals surface area contributed by atoms with E-state index in [1.165, 1.54) is 18.2 Å². The van der Waals surface area contributed by atoms with E-state index < -0.39 is 30.0 Å². The van der Waals surface area contributed by atoms with Gasteiger partial charge in [0.15, 0.2) is 0 Å². The summed E-state index contributed by atoms with van der Waals surface area (Å²) in [5.74, 6) is -1.04. The molecule has 2 aromatic rings. The Morgan fingerprint density at radius 1 is 0.920 bits per heavy atom. The van der Waals surface area contributed by atoms with Crippen molar-refractivity contribution in [2.24, 2.45) is 0 Å². The second-order valence-electron chi connectivity index (χ2n) is 7.13. The molecule has 1 saturated heterocycles. The summed E-state index contributed by atoms with van der Waals surface area (Å²) < 4.78 is 39.7. The molecule has 2 aromatic carbocycles. The van der Waals surface area contributed by atoms with Gasteiger partial charge in [0.1, 0.15) is 11.6 Å². The first-order valence-corrected chi connectivity index (χ1v) is 8.00. The van der Waals surface area contributed by atoms with E-state index in [-0.39, 0.29) is 11.1 Å². The average molecular weight is 341 g/mol. The van der Waals surface area contributed by atoms with E-state index in [0.717, 1.165) is 6.07 Å². The van der Waals surface area contributed by atoms with Crippen LogP contribution in [0.2, 0.25) is 0 Å². The molecule has 25 heavy (non-hydrogen) atoms. The van der Waals surface area contributed by atoms with E-state index in [9.17, 15) is 14.0 Å². The van der Waals surface area contributed by atoms with Gasteiger partial charge in [-0.25, -0.2) is 8.78 Å². The lowest BCUT2D eigenvalue weighted by atomic mass is 9.77. The van der Waals surface area contributed by atoms with Crippen LogP contribution in [-0.2, 0) is 9.31 Å². The quantitative estimate of drug-likeness (QED) is 0.781. The van der Waals surface area contributed by atoms with E-state index in [1.807, 2.05) is 33.8 Å². The zero-order chi connectivity index (χ0) is 18.4. The predicted molar refractivity (Wildman–Crippen MR) is 92.2 cm³/mol. The van der Waals surface area contributed by atoms with Gasteiger partial charge in [-0.05, 0) is 51.4 Å². The first-order chi connectivity index (χ1) is 11.6. The molecule has 1 aliphatic rings. The molecular formula is C19H18BF2NO2. The number of rotatable bonds is 2. The lowest BCUT2D eigenvalue weighted by Gasteiger charge is -2.32. The Hall–Kier alpha value is -2.23. The zero-order valence-electron chi connectivity index (χ0n) is 14.6. The summed E-state index contributed by atoms with van der Waals surface area (Å²) in [4.78, 5) is 0. The van der Waals surface area contributed by atoms with Crippen LogP contribution in [0.3, 0.4) is 0 Å². The van der Waals surface area contributed by atoms with E-state index in [0.29, 0.717) is 11.0 Å². The molecule has 3 rings (SSSR count). The summed E-state index contributed by atoms with van der Waals surface area (Å²) in [6, 6.07) is 10.1. The zero-order valence-corrected chi connectivity index (χ0v) is 14.6. The van der Waals surface area contributed by atoms with Crippen molar-refractivity contribution in [1.29, 1.82) is 5.26 Å². The summed E-state index contributed by atoms with van der Waals surface area (Å²) in [5, 5.41) is 9.22. The molecule has 128 valence electrons. The maximum Gasteiger partial charge on any atom is 0.494 e. The Morgan fingerprint density at radius 2 is 1.56 bits per heavy atom. The number of hydrogen-bond donors (Lipinski definition) is 0. The second kappa shape index (κ2) is 5.94. The van der Waals surface area contributed by atoms with Gasteiger partial charge in [-0.1, -0.05) is 18.2 Å². The first kappa shape index (κ1) is 17.6. The minimum absolute atomic E-state index is 0.0740. The average Bonchev–Trinajstić information content (AvgIpc) is 2.76. The maximum absolute atomic E-state index is 14.4. The third kappa shape index (κ3) is 3.06. The summed E-state index contributed by atoms with van der Waals surface area (Å²) in [7, 11) is -0.643. The van der Waals surface area contributed by atoms with Crippen LogP contribution in [0.4, 0.5) is 8.78 Å². The van der Waals surface area contributed by atoms with Crippen molar-refractivity contribution in [2.45, 2.75) is 38.9 Å². The molecular weight excluding hydrogens is 323 g/mol. The smallest absolute Gasteiger partial charge is 0.399 e. The van der Waals surface area contributed by atoms with Gasteiger partial charge < -0.3 is 9.31 Å². The fourth-order valence-corrected chi connectivity index (χ4v) is 2.72. The molecule has 1 aliphatic heterocycles. The Balaban J connectivity index is 2.05. The molecule has 6 heteroatoms. The number of halogens is 2. The number of nitrogens with zero attached hydrogens (tertiary/aromatic N) is 1. The van der Waals surface area contributed by atoms with Gasteiger partial charge in [0, 0.05) is 11.1 Å². The Labute approximate surface area is 146 Å². The molecule has 3 nitrogen and oxygen atoms in total. The third-order valence-electron chi connectivity index (χ3n) is 4.91. The monoisotopic (exact) mass is 341 g/mol. The van der Waals surface area contributed by atoms with Crippen molar-refractivity contribution >= 4 is 12.6 Å². The van der Waals surface area contributed by atoms with Crippen LogP contribution in [-0.4, -0.2) is 18.3 Å². The summed E-state index contributed by atoms with van der Waals surface area (Å²) in [6.07, 6.45) is 0. The number of nitriles is 1. The van der Waals surface area contributed by atoms with Gasteiger partial charge in [-0.15, -0.1) is 0 Å². The van der Waals surface area contributed by atoms with Crippen molar-refractivity contribution in [3.05, 3.63) is 53.6 Å². The molecule has 0 unspecified atom stereocenters. The second-order valence-corrected chi connectivity index (χ2v) is 7.13. The molecule has 0 radical (unpaired) electrons. The topological polar surface area (TPSA) is 42.2 Å². The van der Waals surface area contributed by atoms with Gasteiger partial charge in [0.2, 0.25) is 0 Å². The molecule has 0 spiro atoms. The fraction of sp³-hybridized carbons (Fsp3) is 0.316. The first-order valence-electron chi connectivity index (χ1n) is 8.00. The lowest BCUT2D eigenvalue weighted by molar-refractivity contribution is 0.00578. The largest absolute Gasteiger partial charge is 0.494 e. The van der Waals surface area contributed by atoms with E-state index in [1.54, 1.807) is 12.1 Å². The van der Waals surface area contributed by atoms with Crippen LogP contribution in [0.5, 0.6) is 0 Å². The summed E-state index contributed by atoms with van der Waals surface area (Å²) in [5.41, 5.74) is 0.233. The highest BCUT2D eigenvalue weighted by Gasteiger charge is 2.51. The SMILES string of the molecule is CC1(C)OB(c2ccc(F)c(-c3ccc(F)cc3C#N)c2)OC1(C)C. The fourth-order valence-electron chi connectivity index (χ4n) is 2.72. The number of benzene rings is 2. The minimum Gasteiger partial charge on any atom is -0.399 e. The predicted octanol–water partition coefficient (Wildman–Crippen LogP) is 3.80. The molecule has 0 bridgehead atoms. The normalized spacial score (nSPS) is 18.2. The maximum atomic E-state index is 14.4. The van der Waals surface area contributed by atoms with E-state index in [2.05, 4.69) is 0 Å². The molecule has 1 heterocycles. The summed E-state index contributed by atoms with van der Waals surface area (Å²) in [6.45, 7) is 7.74. The Morgan fingerprint density at radius 3 is 2.16 bits per heavy atom. The highest BCUT2D eigenvalue weighted by atomic mass is 19.1. The summed E-state index contributed by atoms with van der Waals surface area (Å²) >= 11 is 0. The minimum atomic E-state index is -0.643.